The molecule has 3 aromatic carbocycles. The minimum Gasteiger partial charge on any atom is -0.497 e. The molecule has 7 nitrogen and oxygen atoms in total. The highest BCUT2D eigenvalue weighted by atomic mass is 35.5. The molecule has 1 atom stereocenters. The van der Waals surface area contributed by atoms with Gasteiger partial charge in [-0.25, -0.2) is 0 Å². The first-order valence-electron chi connectivity index (χ1n) is 11.8. The standard InChI is InChI=1S/C28H29ClN4O3S/c1-19-12-13-23(29)15-25(19)33-27(20(2)30-26(34)17-36-16-21-8-5-4-6-9-21)31-32-28(33)37-18-22-10-7-11-24(14-22)35-3/h4-15,20H,16-18H2,1-3H3,(H,30,34). The number of nitrogens with one attached hydrogen (secondary N) is 1. The van der Waals surface area contributed by atoms with E-state index in [9.17, 15) is 4.79 Å². The molecule has 1 unspecified atom stereocenters. The number of halogens is 1. The van der Waals surface area contributed by atoms with Crippen molar-refractivity contribution < 1.29 is 14.3 Å². The molecule has 37 heavy (non-hydrogen) atoms. The maximum atomic E-state index is 12.6. The molecule has 0 bridgehead atoms. The fraction of sp³-hybridized carbons (Fsp3) is 0.250. The summed E-state index contributed by atoms with van der Waals surface area (Å²) in [5.41, 5.74) is 3.98. The zero-order valence-corrected chi connectivity index (χ0v) is 22.6. The number of hydrogen-bond donors (Lipinski definition) is 1. The normalized spacial score (nSPS) is 11.8. The third kappa shape index (κ3) is 7.13. The van der Waals surface area contributed by atoms with Crippen molar-refractivity contribution in [3.63, 3.8) is 0 Å². The van der Waals surface area contributed by atoms with Crippen molar-refractivity contribution in [2.45, 2.75) is 37.4 Å². The van der Waals surface area contributed by atoms with Crippen molar-refractivity contribution in [1.82, 2.24) is 20.1 Å². The first-order valence-corrected chi connectivity index (χ1v) is 13.2. The number of carbonyl (C=O) groups is 1. The van der Waals surface area contributed by atoms with Gasteiger partial charge in [-0.1, -0.05) is 71.9 Å². The van der Waals surface area contributed by atoms with Crippen LogP contribution in [0.4, 0.5) is 0 Å². The van der Waals surface area contributed by atoms with E-state index in [4.69, 9.17) is 21.1 Å². The number of rotatable bonds is 11. The molecule has 0 spiro atoms. The Hall–Kier alpha value is -3.33. The number of hydrogen-bond acceptors (Lipinski definition) is 6. The Labute approximate surface area is 226 Å². The van der Waals surface area contributed by atoms with Gasteiger partial charge >= 0.3 is 0 Å². The second kappa shape index (κ2) is 12.8. The van der Waals surface area contributed by atoms with E-state index >= 15 is 0 Å². The Balaban J connectivity index is 1.52. The highest BCUT2D eigenvalue weighted by Crippen LogP contribution is 2.31. The van der Waals surface area contributed by atoms with E-state index < -0.39 is 6.04 Å². The largest absolute Gasteiger partial charge is 0.497 e. The number of carbonyl (C=O) groups excluding carboxylic acids is 1. The predicted molar refractivity (Wildman–Crippen MR) is 146 cm³/mol. The maximum Gasteiger partial charge on any atom is 0.246 e. The van der Waals surface area contributed by atoms with Crippen molar-refractivity contribution in [2.75, 3.05) is 13.7 Å². The van der Waals surface area contributed by atoms with Crippen molar-refractivity contribution in [3.8, 4) is 11.4 Å². The number of nitrogens with zero attached hydrogens (tertiary/aromatic N) is 3. The molecule has 0 aliphatic heterocycles. The second-order valence-electron chi connectivity index (χ2n) is 8.51. The lowest BCUT2D eigenvalue weighted by Crippen LogP contribution is -2.31. The van der Waals surface area contributed by atoms with Gasteiger partial charge in [0.1, 0.15) is 12.4 Å². The highest BCUT2D eigenvalue weighted by Gasteiger charge is 2.22. The van der Waals surface area contributed by atoms with Crippen LogP contribution < -0.4 is 10.1 Å². The molecular formula is C28H29ClN4O3S. The smallest absolute Gasteiger partial charge is 0.246 e. The van der Waals surface area contributed by atoms with Crippen LogP contribution in [0.25, 0.3) is 5.69 Å². The lowest BCUT2D eigenvalue weighted by atomic mass is 10.2. The van der Waals surface area contributed by atoms with Gasteiger partial charge in [-0.2, -0.15) is 0 Å². The van der Waals surface area contributed by atoms with Gasteiger partial charge in [0.2, 0.25) is 5.91 Å². The summed E-state index contributed by atoms with van der Waals surface area (Å²) >= 11 is 7.91. The molecule has 0 saturated carbocycles. The van der Waals surface area contributed by atoms with E-state index in [0.29, 0.717) is 28.4 Å². The summed E-state index contributed by atoms with van der Waals surface area (Å²) in [6.45, 7) is 4.20. The van der Waals surface area contributed by atoms with Crippen LogP contribution in [0, 0.1) is 6.92 Å². The van der Waals surface area contributed by atoms with Crippen LogP contribution in [-0.2, 0) is 21.9 Å². The summed E-state index contributed by atoms with van der Waals surface area (Å²) in [5.74, 6) is 1.85. The number of aromatic nitrogens is 3. The summed E-state index contributed by atoms with van der Waals surface area (Å²) in [7, 11) is 1.65. The zero-order valence-electron chi connectivity index (χ0n) is 21.0. The fourth-order valence-corrected chi connectivity index (χ4v) is 4.86. The highest BCUT2D eigenvalue weighted by molar-refractivity contribution is 7.98. The van der Waals surface area contributed by atoms with Crippen molar-refractivity contribution in [2.24, 2.45) is 0 Å². The Morgan fingerprint density at radius 3 is 2.62 bits per heavy atom. The Bertz CT molecular complexity index is 1350. The number of ether oxygens (including phenoxy) is 2. The third-order valence-electron chi connectivity index (χ3n) is 5.68. The lowest BCUT2D eigenvalue weighted by Gasteiger charge is -2.18. The number of methoxy groups -OCH3 is 1. The van der Waals surface area contributed by atoms with Crippen LogP contribution in [0.15, 0.2) is 78.0 Å². The first kappa shape index (κ1) is 26.7. The molecule has 4 rings (SSSR count). The fourth-order valence-electron chi connectivity index (χ4n) is 3.80. The van der Waals surface area contributed by atoms with E-state index in [-0.39, 0.29) is 12.5 Å². The summed E-state index contributed by atoms with van der Waals surface area (Å²) in [5, 5.41) is 13.2. The minimum atomic E-state index is -0.412. The van der Waals surface area contributed by atoms with E-state index in [1.165, 1.54) is 0 Å². The molecule has 1 heterocycles. The van der Waals surface area contributed by atoms with Crippen LogP contribution in [0.1, 0.15) is 35.5 Å². The number of benzene rings is 3. The summed E-state index contributed by atoms with van der Waals surface area (Å²) in [4.78, 5) is 12.6. The van der Waals surface area contributed by atoms with Crippen LogP contribution in [0.3, 0.4) is 0 Å². The van der Waals surface area contributed by atoms with Crippen molar-refractivity contribution in [1.29, 1.82) is 0 Å². The van der Waals surface area contributed by atoms with Gasteiger partial charge in [0.15, 0.2) is 11.0 Å². The maximum absolute atomic E-state index is 12.6. The molecular weight excluding hydrogens is 508 g/mol. The van der Waals surface area contributed by atoms with E-state index in [2.05, 4.69) is 15.5 Å². The number of amides is 1. The van der Waals surface area contributed by atoms with Gasteiger partial charge in [0.05, 0.1) is 25.4 Å². The van der Waals surface area contributed by atoms with Crippen LogP contribution >= 0.6 is 23.4 Å². The zero-order chi connectivity index (χ0) is 26.2. The summed E-state index contributed by atoms with van der Waals surface area (Å²) in [6, 6.07) is 22.9. The molecule has 1 aromatic heterocycles. The molecule has 0 saturated heterocycles. The van der Waals surface area contributed by atoms with Gasteiger partial charge in [-0.05, 0) is 54.8 Å². The van der Waals surface area contributed by atoms with Gasteiger partial charge in [0.25, 0.3) is 0 Å². The Morgan fingerprint density at radius 2 is 1.84 bits per heavy atom. The quantitative estimate of drug-likeness (QED) is 0.240. The molecule has 9 heteroatoms. The topological polar surface area (TPSA) is 78.3 Å². The molecule has 0 aliphatic carbocycles. The van der Waals surface area contributed by atoms with Gasteiger partial charge in [-0.3, -0.25) is 9.36 Å². The van der Waals surface area contributed by atoms with E-state index in [0.717, 1.165) is 28.1 Å². The van der Waals surface area contributed by atoms with Gasteiger partial charge in [-0.15, -0.1) is 10.2 Å². The van der Waals surface area contributed by atoms with Crippen LogP contribution in [0.2, 0.25) is 5.02 Å². The third-order valence-corrected chi connectivity index (χ3v) is 6.92. The monoisotopic (exact) mass is 536 g/mol. The van der Waals surface area contributed by atoms with E-state index in [1.807, 2.05) is 91.2 Å². The summed E-state index contributed by atoms with van der Waals surface area (Å²) in [6.07, 6.45) is 0. The van der Waals surface area contributed by atoms with Crippen molar-refractivity contribution >= 4 is 29.3 Å². The Kier molecular flexibility index (Phi) is 9.22. The molecule has 0 fully saturated rings. The molecule has 192 valence electrons. The van der Waals surface area contributed by atoms with Gasteiger partial charge < -0.3 is 14.8 Å². The summed E-state index contributed by atoms with van der Waals surface area (Å²) < 4.78 is 12.9. The number of aryl methyl sites for hydroxylation is 1. The average molecular weight is 537 g/mol. The van der Waals surface area contributed by atoms with E-state index in [1.54, 1.807) is 18.9 Å². The van der Waals surface area contributed by atoms with Crippen LogP contribution in [-0.4, -0.2) is 34.4 Å². The predicted octanol–water partition coefficient (Wildman–Crippen LogP) is 5.92. The number of thioether (sulfide) groups is 1. The molecule has 1 N–H and O–H groups in total. The molecule has 0 radical (unpaired) electrons. The van der Waals surface area contributed by atoms with Crippen LogP contribution in [0.5, 0.6) is 5.75 Å². The molecule has 0 aliphatic rings. The first-order chi connectivity index (χ1) is 17.9. The Morgan fingerprint density at radius 1 is 1.05 bits per heavy atom. The lowest BCUT2D eigenvalue weighted by molar-refractivity contribution is -0.126. The average Bonchev–Trinajstić information content (AvgIpc) is 3.33. The van der Waals surface area contributed by atoms with Crippen molar-refractivity contribution in [3.05, 3.63) is 100 Å². The molecule has 1 amide bonds. The SMILES string of the molecule is COc1cccc(CSc2nnc(C(C)NC(=O)COCc3ccccc3)n2-c2cc(Cl)ccc2C)c1. The second-order valence-corrected chi connectivity index (χ2v) is 9.89. The van der Waals surface area contributed by atoms with Gasteiger partial charge in [0, 0.05) is 10.8 Å². The molecule has 4 aromatic rings. The minimum absolute atomic E-state index is 0.0546.